The summed E-state index contributed by atoms with van der Waals surface area (Å²) in [6, 6.07) is 6.06. The van der Waals surface area contributed by atoms with Gasteiger partial charge in [0.1, 0.15) is 0 Å². The molecule has 1 atom stereocenters. The number of amides is 2. The second-order valence-corrected chi connectivity index (χ2v) is 7.60. The van der Waals surface area contributed by atoms with E-state index in [4.69, 9.17) is 4.74 Å². The fourth-order valence-electron chi connectivity index (χ4n) is 2.42. The zero-order valence-electron chi connectivity index (χ0n) is 12.9. The van der Waals surface area contributed by atoms with Crippen LogP contribution in [0.4, 0.5) is 10.5 Å². The number of carbonyl (C=O) groups excluding carboxylic acids is 2. The van der Waals surface area contributed by atoms with Gasteiger partial charge in [-0.3, -0.25) is 0 Å². The Morgan fingerprint density at radius 2 is 2.04 bits per heavy atom. The second kappa shape index (κ2) is 7.45. The van der Waals surface area contributed by atoms with Gasteiger partial charge in [0.2, 0.25) is 0 Å². The van der Waals surface area contributed by atoms with Gasteiger partial charge in [0.15, 0.2) is 9.84 Å². The van der Waals surface area contributed by atoms with E-state index in [0.717, 1.165) is 0 Å². The first-order valence-electron chi connectivity index (χ1n) is 7.42. The second-order valence-electron chi connectivity index (χ2n) is 5.37. The third-order valence-corrected chi connectivity index (χ3v) is 5.39. The minimum absolute atomic E-state index is 0.0638. The van der Waals surface area contributed by atoms with Crippen molar-refractivity contribution in [3.8, 4) is 0 Å². The maximum atomic E-state index is 11.9. The lowest BCUT2D eigenvalue weighted by Crippen LogP contribution is -2.33. The molecule has 0 bridgehead atoms. The average molecular weight is 340 g/mol. The highest BCUT2D eigenvalue weighted by atomic mass is 32.2. The molecular formula is C15H20N2O5S. The van der Waals surface area contributed by atoms with Crippen molar-refractivity contribution in [2.45, 2.75) is 13.3 Å². The Bertz CT molecular complexity index is 687. The Hall–Kier alpha value is -2.09. The van der Waals surface area contributed by atoms with Crippen molar-refractivity contribution in [3.05, 3.63) is 29.8 Å². The van der Waals surface area contributed by atoms with Gasteiger partial charge in [-0.15, -0.1) is 0 Å². The Labute approximate surface area is 135 Å². The van der Waals surface area contributed by atoms with E-state index in [1.165, 1.54) is 0 Å². The van der Waals surface area contributed by atoms with Gasteiger partial charge in [-0.2, -0.15) is 0 Å². The van der Waals surface area contributed by atoms with E-state index >= 15 is 0 Å². The molecular weight excluding hydrogens is 320 g/mol. The first-order chi connectivity index (χ1) is 10.9. The van der Waals surface area contributed by atoms with Crippen LogP contribution < -0.4 is 10.6 Å². The highest BCUT2D eigenvalue weighted by molar-refractivity contribution is 7.91. The summed E-state index contributed by atoms with van der Waals surface area (Å²) in [5, 5.41) is 5.24. The fraction of sp³-hybridized carbons (Fsp3) is 0.467. The number of benzene rings is 1. The molecule has 126 valence electrons. The Morgan fingerprint density at radius 1 is 1.30 bits per heavy atom. The quantitative estimate of drug-likeness (QED) is 0.789. The van der Waals surface area contributed by atoms with Crippen molar-refractivity contribution in [2.24, 2.45) is 5.92 Å². The molecule has 2 rings (SSSR count). The number of anilines is 1. The number of esters is 1. The maximum absolute atomic E-state index is 11.9. The standard InChI is InChI=1S/C15H20N2O5S/c1-2-22-14(18)12-5-3-4-6-13(12)17-15(19)16-9-11-7-8-23(20,21)10-11/h3-6,11H,2,7-10H2,1H3,(H2,16,17,19). The monoisotopic (exact) mass is 340 g/mol. The van der Waals surface area contributed by atoms with Crippen LogP contribution in [0.15, 0.2) is 24.3 Å². The van der Waals surface area contributed by atoms with E-state index < -0.39 is 21.8 Å². The van der Waals surface area contributed by atoms with Gasteiger partial charge in [-0.1, -0.05) is 12.1 Å². The number of para-hydroxylation sites is 1. The third kappa shape index (κ3) is 4.95. The van der Waals surface area contributed by atoms with Crippen molar-refractivity contribution in [3.63, 3.8) is 0 Å². The van der Waals surface area contributed by atoms with Crippen LogP contribution in [-0.4, -0.2) is 45.1 Å². The molecule has 8 heteroatoms. The van der Waals surface area contributed by atoms with Gasteiger partial charge in [0.25, 0.3) is 0 Å². The average Bonchev–Trinajstić information content (AvgIpc) is 2.85. The number of sulfone groups is 1. The molecule has 7 nitrogen and oxygen atoms in total. The van der Waals surface area contributed by atoms with Crippen LogP contribution in [0, 0.1) is 5.92 Å². The smallest absolute Gasteiger partial charge is 0.340 e. The SMILES string of the molecule is CCOC(=O)c1ccccc1NC(=O)NCC1CCS(=O)(=O)C1. The van der Waals surface area contributed by atoms with Crippen molar-refractivity contribution in [1.29, 1.82) is 0 Å². The van der Waals surface area contributed by atoms with Gasteiger partial charge in [-0.05, 0) is 31.4 Å². The topological polar surface area (TPSA) is 102 Å². The normalized spacial score (nSPS) is 19.1. The molecule has 1 aliphatic heterocycles. The lowest BCUT2D eigenvalue weighted by atomic mass is 10.1. The molecule has 1 saturated heterocycles. The van der Waals surface area contributed by atoms with Gasteiger partial charge >= 0.3 is 12.0 Å². The number of ether oxygens (including phenoxy) is 1. The summed E-state index contributed by atoms with van der Waals surface area (Å²) in [5.41, 5.74) is 0.621. The van der Waals surface area contributed by atoms with E-state index in [2.05, 4.69) is 10.6 Å². The van der Waals surface area contributed by atoms with Gasteiger partial charge in [0.05, 0.1) is 29.4 Å². The number of hydrogen-bond acceptors (Lipinski definition) is 5. The Balaban J connectivity index is 1.92. The summed E-state index contributed by atoms with van der Waals surface area (Å²) in [6.07, 6.45) is 0.558. The minimum atomic E-state index is -2.96. The molecule has 1 aliphatic rings. The van der Waals surface area contributed by atoms with E-state index in [1.54, 1.807) is 31.2 Å². The molecule has 23 heavy (non-hydrogen) atoms. The molecule has 1 heterocycles. The van der Waals surface area contributed by atoms with Gasteiger partial charge in [0, 0.05) is 6.54 Å². The van der Waals surface area contributed by atoms with E-state index in [9.17, 15) is 18.0 Å². The first-order valence-corrected chi connectivity index (χ1v) is 9.25. The fourth-order valence-corrected chi connectivity index (χ4v) is 4.28. The molecule has 2 amide bonds. The molecule has 1 aromatic carbocycles. The van der Waals surface area contributed by atoms with Crippen LogP contribution in [0.5, 0.6) is 0 Å². The van der Waals surface area contributed by atoms with Crippen LogP contribution >= 0.6 is 0 Å². The lowest BCUT2D eigenvalue weighted by Gasteiger charge is -2.13. The number of nitrogens with one attached hydrogen (secondary N) is 2. The van der Waals surface area contributed by atoms with Crippen molar-refractivity contribution in [2.75, 3.05) is 30.0 Å². The summed E-state index contributed by atoms with van der Waals surface area (Å²) >= 11 is 0. The van der Waals surface area contributed by atoms with Crippen molar-refractivity contribution in [1.82, 2.24) is 5.32 Å². The molecule has 1 fully saturated rings. The highest BCUT2D eigenvalue weighted by Crippen LogP contribution is 2.18. The molecule has 2 N–H and O–H groups in total. The van der Waals surface area contributed by atoms with Crippen molar-refractivity contribution >= 4 is 27.5 Å². The Morgan fingerprint density at radius 3 is 2.70 bits per heavy atom. The maximum Gasteiger partial charge on any atom is 0.340 e. The molecule has 0 aromatic heterocycles. The molecule has 0 radical (unpaired) electrons. The lowest BCUT2D eigenvalue weighted by molar-refractivity contribution is 0.0527. The first kappa shape index (κ1) is 17.3. The summed E-state index contributed by atoms with van der Waals surface area (Å²) < 4.78 is 27.7. The van der Waals surface area contributed by atoms with Crippen LogP contribution in [0.25, 0.3) is 0 Å². The number of carbonyl (C=O) groups is 2. The number of rotatable bonds is 5. The minimum Gasteiger partial charge on any atom is -0.462 e. The zero-order chi connectivity index (χ0) is 16.9. The van der Waals surface area contributed by atoms with Crippen LogP contribution in [-0.2, 0) is 14.6 Å². The van der Waals surface area contributed by atoms with E-state index in [1.807, 2.05) is 0 Å². The van der Waals surface area contributed by atoms with Crippen LogP contribution in [0.2, 0.25) is 0 Å². The van der Waals surface area contributed by atoms with Crippen LogP contribution in [0.1, 0.15) is 23.7 Å². The number of urea groups is 1. The summed E-state index contributed by atoms with van der Waals surface area (Å²) in [4.78, 5) is 23.8. The zero-order valence-corrected chi connectivity index (χ0v) is 13.7. The van der Waals surface area contributed by atoms with E-state index in [-0.39, 0.29) is 36.1 Å². The van der Waals surface area contributed by atoms with Gasteiger partial charge < -0.3 is 15.4 Å². The third-order valence-electron chi connectivity index (χ3n) is 3.55. The van der Waals surface area contributed by atoms with E-state index in [0.29, 0.717) is 12.1 Å². The van der Waals surface area contributed by atoms with Crippen LogP contribution in [0.3, 0.4) is 0 Å². The van der Waals surface area contributed by atoms with Crippen molar-refractivity contribution < 1.29 is 22.7 Å². The molecule has 1 unspecified atom stereocenters. The predicted molar refractivity (Wildman–Crippen MR) is 86.2 cm³/mol. The summed E-state index contributed by atoms with van der Waals surface area (Å²) in [6.45, 7) is 2.23. The number of hydrogen-bond donors (Lipinski definition) is 2. The molecule has 0 spiro atoms. The highest BCUT2D eigenvalue weighted by Gasteiger charge is 2.28. The largest absolute Gasteiger partial charge is 0.462 e. The predicted octanol–water partition coefficient (Wildman–Crippen LogP) is 1.42. The summed E-state index contributed by atoms with van der Waals surface area (Å²) in [5.74, 6) is -0.296. The molecule has 0 saturated carbocycles. The summed E-state index contributed by atoms with van der Waals surface area (Å²) in [7, 11) is -2.96. The molecule has 1 aromatic rings. The Kier molecular flexibility index (Phi) is 5.59. The molecule has 0 aliphatic carbocycles. The van der Waals surface area contributed by atoms with Gasteiger partial charge in [-0.25, -0.2) is 18.0 Å².